The zero-order chi connectivity index (χ0) is 23.3. The molecular formula is C25H26N2O5. The van der Waals surface area contributed by atoms with E-state index in [0.717, 1.165) is 0 Å². The molecule has 0 aromatic heterocycles. The smallest absolute Gasteiger partial charge is 0.203 e. The van der Waals surface area contributed by atoms with Gasteiger partial charge in [-0.3, -0.25) is 9.59 Å². The lowest BCUT2D eigenvalue weighted by Crippen LogP contribution is -2.19. The van der Waals surface area contributed by atoms with Crippen molar-refractivity contribution in [2.45, 2.75) is 12.3 Å². The minimum atomic E-state index is -0.847. The van der Waals surface area contributed by atoms with E-state index in [1.165, 1.54) is 21.3 Å². The van der Waals surface area contributed by atoms with Crippen LogP contribution >= 0.6 is 0 Å². The van der Waals surface area contributed by atoms with Gasteiger partial charge in [0.15, 0.2) is 23.1 Å². The van der Waals surface area contributed by atoms with Gasteiger partial charge in [0.1, 0.15) is 0 Å². The molecule has 166 valence electrons. The van der Waals surface area contributed by atoms with Gasteiger partial charge in [-0.05, 0) is 42.0 Å². The number of carbonyl (C=O) groups is 2. The highest BCUT2D eigenvalue weighted by Gasteiger charge is 2.29. The lowest BCUT2D eigenvalue weighted by atomic mass is 9.84. The van der Waals surface area contributed by atoms with Gasteiger partial charge in [-0.25, -0.2) is 0 Å². The van der Waals surface area contributed by atoms with Crippen LogP contribution in [0.1, 0.15) is 38.6 Å². The summed E-state index contributed by atoms with van der Waals surface area (Å²) in [7, 11) is 4.47. The molecule has 3 rings (SSSR count). The number of anilines is 2. The predicted octanol–water partition coefficient (Wildman–Crippen LogP) is 4.12. The van der Waals surface area contributed by atoms with Crippen molar-refractivity contribution < 1.29 is 23.8 Å². The summed E-state index contributed by atoms with van der Waals surface area (Å²) in [6.45, 7) is 0. The number of benzene rings is 3. The number of carbonyl (C=O) groups excluding carboxylic acids is 2. The molecule has 7 nitrogen and oxygen atoms in total. The van der Waals surface area contributed by atoms with Gasteiger partial charge in [0.2, 0.25) is 5.75 Å². The molecule has 7 heteroatoms. The molecule has 32 heavy (non-hydrogen) atoms. The van der Waals surface area contributed by atoms with Crippen molar-refractivity contribution in [3.8, 4) is 17.2 Å². The zero-order valence-corrected chi connectivity index (χ0v) is 18.3. The van der Waals surface area contributed by atoms with Crippen LogP contribution in [0.2, 0.25) is 0 Å². The van der Waals surface area contributed by atoms with Crippen LogP contribution < -0.4 is 25.7 Å². The molecular weight excluding hydrogens is 408 g/mol. The van der Waals surface area contributed by atoms with E-state index in [4.69, 9.17) is 25.7 Å². The molecule has 3 aromatic carbocycles. The Labute approximate surface area is 186 Å². The third-order valence-electron chi connectivity index (χ3n) is 5.28. The van der Waals surface area contributed by atoms with E-state index in [9.17, 15) is 9.59 Å². The Balaban J connectivity index is 2.13. The summed E-state index contributed by atoms with van der Waals surface area (Å²) >= 11 is 0. The fourth-order valence-electron chi connectivity index (χ4n) is 3.62. The number of hydrogen-bond acceptors (Lipinski definition) is 7. The largest absolute Gasteiger partial charge is 0.493 e. The topological polar surface area (TPSA) is 114 Å². The van der Waals surface area contributed by atoms with E-state index in [2.05, 4.69) is 0 Å². The molecule has 1 atom stereocenters. The summed E-state index contributed by atoms with van der Waals surface area (Å²) in [6, 6.07) is 16.9. The molecule has 0 aliphatic carbocycles. The molecule has 0 radical (unpaired) electrons. The maximum absolute atomic E-state index is 13.6. The van der Waals surface area contributed by atoms with Gasteiger partial charge in [-0.2, -0.15) is 0 Å². The van der Waals surface area contributed by atoms with Gasteiger partial charge in [0, 0.05) is 28.9 Å². The molecule has 0 spiro atoms. The summed E-state index contributed by atoms with van der Waals surface area (Å²) in [6.07, 6.45) is -0.111. The maximum Gasteiger partial charge on any atom is 0.203 e. The lowest BCUT2D eigenvalue weighted by molar-refractivity contribution is 0.0894. The summed E-state index contributed by atoms with van der Waals surface area (Å²) in [4.78, 5) is 26.7. The first-order valence-corrected chi connectivity index (χ1v) is 9.97. The summed E-state index contributed by atoms with van der Waals surface area (Å²) in [5.41, 5.74) is 14.0. The van der Waals surface area contributed by atoms with Crippen LogP contribution in [-0.4, -0.2) is 32.9 Å². The highest BCUT2D eigenvalue weighted by atomic mass is 16.5. The Kier molecular flexibility index (Phi) is 7.00. The number of ether oxygens (including phenoxy) is 3. The number of para-hydroxylation sites is 2. The van der Waals surface area contributed by atoms with Gasteiger partial charge in [0.25, 0.3) is 0 Å². The van der Waals surface area contributed by atoms with E-state index in [1.807, 2.05) is 0 Å². The Morgan fingerprint density at radius 1 is 0.781 bits per heavy atom. The minimum Gasteiger partial charge on any atom is -0.493 e. The van der Waals surface area contributed by atoms with Crippen LogP contribution in [0.4, 0.5) is 11.4 Å². The number of nitrogen functional groups attached to an aromatic ring is 2. The summed E-state index contributed by atoms with van der Waals surface area (Å²) in [5, 5.41) is 0. The summed E-state index contributed by atoms with van der Waals surface area (Å²) < 4.78 is 16.3. The van der Waals surface area contributed by atoms with Gasteiger partial charge >= 0.3 is 0 Å². The van der Waals surface area contributed by atoms with Crippen LogP contribution in [0.3, 0.4) is 0 Å². The average Bonchev–Trinajstić information content (AvgIpc) is 2.81. The molecule has 0 aliphatic rings. The second-order valence-corrected chi connectivity index (χ2v) is 7.18. The van der Waals surface area contributed by atoms with E-state index < -0.39 is 5.92 Å². The molecule has 4 N–H and O–H groups in total. The molecule has 0 heterocycles. The lowest BCUT2D eigenvalue weighted by Gasteiger charge is -2.20. The van der Waals surface area contributed by atoms with Crippen molar-refractivity contribution in [1.29, 1.82) is 0 Å². The second-order valence-electron chi connectivity index (χ2n) is 7.18. The Bertz CT molecular complexity index is 1120. The first-order valence-electron chi connectivity index (χ1n) is 9.97. The average molecular weight is 434 g/mol. The molecule has 0 fully saturated rings. The van der Waals surface area contributed by atoms with Crippen LogP contribution in [0.15, 0.2) is 60.7 Å². The predicted molar refractivity (Wildman–Crippen MR) is 124 cm³/mol. The van der Waals surface area contributed by atoms with Crippen molar-refractivity contribution in [3.05, 3.63) is 77.4 Å². The summed E-state index contributed by atoms with van der Waals surface area (Å²) in [5.74, 6) is -0.243. The van der Waals surface area contributed by atoms with Gasteiger partial charge in [-0.1, -0.05) is 24.3 Å². The fourth-order valence-corrected chi connectivity index (χ4v) is 3.62. The van der Waals surface area contributed by atoms with Crippen molar-refractivity contribution in [3.63, 3.8) is 0 Å². The normalized spacial score (nSPS) is 11.5. The third-order valence-corrected chi connectivity index (χ3v) is 5.28. The standard InChI is InChI=1S/C25H26N2O5/c1-30-22-12-15(13-23(31-2)25(22)32-3)18(24(29)17-9-5-7-11-20(17)27)14-21(28)16-8-4-6-10-19(16)26/h4-13,18H,14,26-27H2,1-3H3. The van der Waals surface area contributed by atoms with Crippen LogP contribution in [0.5, 0.6) is 17.2 Å². The SMILES string of the molecule is COc1cc(C(CC(=O)c2ccccc2N)C(=O)c2ccccc2N)cc(OC)c1OC. The van der Waals surface area contributed by atoms with Gasteiger partial charge < -0.3 is 25.7 Å². The number of ketones is 2. The van der Waals surface area contributed by atoms with E-state index in [1.54, 1.807) is 60.7 Å². The molecule has 0 saturated carbocycles. The minimum absolute atomic E-state index is 0.111. The van der Waals surface area contributed by atoms with Crippen LogP contribution in [-0.2, 0) is 0 Å². The van der Waals surface area contributed by atoms with Gasteiger partial charge in [0.05, 0.1) is 27.2 Å². The fraction of sp³-hybridized carbons (Fsp3) is 0.200. The highest BCUT2D eigenvalue weighted by molar-refractivity contribution is 6.09. The Hall–Kier alpha value is -4.00. The molecule has 0 amide bonds. The second kappa shape index (κ2) is 9.87. The maximum atomic E-state index is 13.6. The van der Waals surface area contributed by atoms with Gasteiger partial charge in [-0.15, -0.1) is 0 Å². The first-order chi connectivity index (χ1) is 15.4. The van der Waals surface area contributed by atoms with Crippen molar-refractivity contribution in [1.82, 2.24) is 0 Å². The monoisotopic (exact) mass is 434 g/mol. The number of nitrogens with two attached hydrogens (primary N) is 2. The van der Waals surface area contributed by atoms with Crippen molar-refractivity contribution in [2.24, 2.45) is 0 Å². The number of hydrogen-bond donors (Lipinski definition) is 2. The van der Waals surface area contributed by atoms with E-state index in [0.29, 0.717) is 45.3 Å². The molecule has 0 aliphatic heterocycles. The first kappa shape index (κ1) is 22.7. The zero-order valence-electron chi connectivity index (χ0n) is 18.3. The van der Waals surface area contributed by atoms with E-state index in [-0.39, 0.29) is 18.0 Å². The van der Waals surface area contributed by atoms with Crippen LogP contribution in [0.25, 0.3) is 0 Å². The Morgan fingerprint density at radius 2 is 1.28 bits per heavy atom. The highest BCUT2D eigenvalue weighted by Crippen LogP contribution is 2.42. The number of rotatable bonds is 9. The quantitative estimate of drug-likeness (QED) is 0.385. The molecule has 3 aromatic rings. The number of methoxy groups -OCH3 is 3. The molecule has 1 unspecified atom stereocenters. The van der Waals surface area contributed by atoms with Crippen molar-refractivity contribution in [2.75, 3.05) is 32.8 Å². The number of Topliss-reactive ketones (excluding diaryl/α,β-unsaturated/α-hetero) is 2. The molecule has 0 bridgehead atoms. The molecule has 0 saturated heterocycles. The van der Waals surface area contributed by atoms with Crippen molar-refractivity contribution >= 4 is 22.9 Å². The van der Waals surface area contributed by atoms with E-state index >= 15 is 0 Å². The Morgan fingerprint density at radius 3 is 1.75 bits per heavy atom. The third kappa shape index (κ3) is 4.51. The van der Waals surface area contributed by atoms with Crippen LogP contribution in [0, 0.1) is 0 Å².